The molecule has 0 spiro atoms. The van der Waals surface area contributed by atoms with Crippen LogP contribution in [0.1, 0.15) is 12.5 Å². The molecule has 1 heterocycles. The molecule has 0 radical (unpaired) electrons. The van der Waals surface area contributed by atoms with Gasteiger partial charge in [0.05, 0.1) is 6.20 Å². The molecule has 0 aliphatic rings. The zero-order chi connectivity index (χ0) is 15.3. The Bertz CT molecular complexity index is 600. The van der Waals surface area contributed by atoms with E-state index in [0.717, 1.165) is 10.5 Å². The number of aryl methyl sites for hydroxylation is 1. The van der Waals surface area contributed by atoms with Crippen LogP contribution < -0.4 is 5.32 Å². The summed E-state index contributed by atoms with van der Waals surface area (Å²) in [5, 5.41) is 17.0. The number of aliphatic carboxylic acids is 1. The van der Waals surface area contributed by atoms with Gasteiger partial charge in [0.15, 0.2) is 5.54 Å². The van der Waals surface area contributed by atoms with Crippen LogP contribution in [0.3, 0.4) is 0 Å². The number of thioether (sulfide) groups is 1. The van der Waals surface area contributed by atoms with E-state index >= 15 is 0 Å². The second-order valence-corrected chi connectivity index (χ2v) is 5.79. The Morgan fingerprint density at radius 3 is 2.67 bits per heavy atom. The van der Waals surface area contributed by atoms with Crippen LogP contribution in [0.4, 0.5) is 0 Å². The molecule has 2 aromatic rings. The molecule has 0 aliphatic carbocycles. The fraction of sp³-hybridized carbons (Fsp3) is 0.333. The number of aromatic nitrogens is 2. The van der Waals surface area contributed by atoms with Crippen LogP contribution in [-0.4, -0.2) is 33.2 Å². The van der Waals surface area contributed by atoms with E-state index < -0.39 is 11.5 Å². The predicted molar refractivity (Wildman–Crippen MR) is 83.4 cm³/mol. The first-order valence-electron chi connectivity index (χ1n) is 6.74. The molecule has 112 valence electrons. The summed E-state index contributed by atoms with van der Waals surface area (Å²) in [5.41, 5.74) is -0.341. The molecular weight excluding hydrogens is 286 g/mol. The molecule has 0 saturated carbocycles. The van der Waals surface area contributed by atoms with Crippen molar-refractivity contribution in [2.45, 2.75) is 17.4 Å². The third-order valence-corrected chi connectivity index (χ3v) is 4.37. The number of nitrogens with one attached hydrogen (secondary N) is 1. The lowest BCUT2D eigenvalue weighted by Crippen LogP contribution is -2.51. The van der Waals surface area contributed by atoms with Gasteiger partial charge in [0.1, 0.15) is 0 Å². The predicted octanol–water partition coefficient (Wildman–Crippen LogP) is 2.10. The maximum absolute atomic E-state index is 11.9. The van der Waals surface area contributed by atoms with Crippen molar-refractivity contribution in [1.82, 2.24) is 15.1 Å². The highest BCUT2D eigenvalue weighted by Crippen LogP contribution is 2.30. The van der Waals surface area contributed by atoms with E-state index in [1.54, 1.807) is 10.9 Å². The lowest BCUT2D eigenvalue weighted by molar-refractivity contribution is -0.144. The third kappa shape index (κ3) is 3.46. The van der Waals surface area contributed by atoms with E-state index in [2.05, 4.69) is 10.4 Å². The molecule has 2 rings (SSSR count). The van der Waals surface area contributed by atoms with Crippen molar-refractivity contribution in [3.63, 3.8) is 0 Å². The second kappa shape index (κ2) is 6.78. The van der Waals surface area contributed by atoms with Crippen molar-refractivity contribution in [2.24, 2.45) is 7.05 Å². The van der Waals surface area contributed by atoms with Crippen molar-refractivity contribution in [3.05, 3.63) is 48.3 Å². The molecule has 0 aliphatic heterocycles. The Kier molecular flexibility index (Phi) is 5.03. The standard InChI is InChI=1S/C15H19N3O2S/c1-3-16-15(14(19)20,12-7-5-4-6-8-12)11-21-13-9-17-18(2)10-13/h4-10,16H,3,11H2,1-2H3,(H,19,20). The van der Waals surface area contributed by atoms with Crippen LogP contribution in [0.15, 0.2) is 47.6 Å². The monoisotopic (exact) mass is 305 g/mol. The van der Waals surface area contributed by atoms with E-state index in [1.165, 1.54) is 11.8 Å². The van der Waals surface area contributed by atoms with Gasteiger partial charge in [-0.25, -0.2) is 4.79 Å². The molecule has 0 bridgehead atoms. The van der Waals surface area contributed by atoms with Gasteiger partial charge in [0.25, 0.3) is 0 Å². The first-order chi connectivity index (χ1) is 10.1. The molecular formula is C15H19N3O2S. The zero-order valence-corrected chi connectivity index (χ0v) is 12.9. The molecule has 5 nitrogen and oxygen atoms in total. The molecule has 0 fully saturated rings. The van der Waals surface area contributed by atoms with E-state index in [4.69, 9.17) is 0 Å². The average molecular weight is 305 g/mol. The fourth-order valence-electron chi connectivity index (χ4n) is 2.19. The van der Waals surface area contributed by atoms with E-state index in [1.807, 2.05) is 50.5 Å². The van der Waals surface area contributed by atoms with Crippen molar-refractivity contribution < 1.29 is 9.90 Å². The summed E-state index contributed by atoms with van der Waals surface area (Å²) in [6, 6.07) is 9.30. The van der Waals surface area contributed by atoms with Gasteiger partial charge in [0, 0.05) is 23.9 Å². The minimum Gasteiger partial charge on any atom is -0.480 e. The summed E-state index contributed by atoms with van der Waals surface area (Å²) in [4.78, 5) is 12.9. The maximum atomic E-state index is 11.9. The van der Waals surface area contributed by atoms with Crippen molar-refractivity contribution in [2.75, 3.05) is 12.3 Å². The number of rotatable bonds is 7. The van der Waals surface area contributed by atoms with Gasteiger partial charge in [-0.1, -0.05) is 37.3 Å². The Morgan fingerprint density at radius 1 is 1.43 bits per heavy atom. The molecule has 21 heavy (non-hydrogen) atoms. The van der Waals surface area contributed by atoms with Gasteiger partial charge >= 0.3 is 5.97 Å². The van der Waals surface area contributed by atoms with Gasteiger partial charge in [-0.3, -0.25) is 10.00 Å². The zero-order valence-electron chi connectivity index (χ0n) is 12.1. The number of nitrogens with zero attached hydrogens (tertiary/aromatic N) is 2. The lowest BCUT2D eigenvalue weighted by Gasteiger charge is -2.30. The number of benzene rings is 1. The second-order valence-electron chi connectivity index (χ2n) is 4.75. The van der Waals surface area contributed by atoms with Crippen LogP contribution >= 0.6 is 11.8 Å². The molecule has 6 heteroatoms. The first-order valence-corrected chi connectivity index (χ1v) is 7.72. The molecule has 1 atom stereocenters. The maximum Gasteiger partial charge on any atom is 0.329 e. The molecule has 2 N–H and O–H groups in total. The largest absolute Gasteiger partial charge is 0.480 e. The van der Waals surface area contributed by atoms with Gasteiger partial charge in [-0.15, -0.1) is 11.8 Å². The van der Waals surface area contributed by atoms with E-state index in [9.17, 15) is 9.90 Å². The number of likely N-dealkylation sites (N-methyl/N-ethyl adjacent to an activating group) is 1. The topological polar surface area (TPSA) is 67.2 Å². The van der Waals surface area contributed by atoms with Crippen LogP contribution in [0, 0.1) is 0 Å². The van der Waals surface area contributed by atoms with Crippen LogP contribution in [0.5, 0.6) is 0 Å². The summed E-state index contributed by atoms with van der Waals surface area (Å²) in [7, 11) is 1.84. The number of carboxylic acid groups (broad SMARTS) is 1. The van der Waals surface area contributed by atoms with Gasteiger partial charge < -0.3 is 5.11 Å². The SMILES string of the molecule is CCNC(CSc1cnn(C)c1)(C(=O)O)c1ccccc1. The number of carbonyl (C=O) groups is 1. The summed E-state index contributed by atoms with van der Waals surface area (Å²) < 4.78 is 1.71. The Hall–Kier alpha value is -1.79. The van der Waals surface area contributed by atoms with Crippen molar-refractivity contribution in [3.8, 4) is 0 Å². The van der Waals surface area contributed by atoms with Crippen molar-refractivity contribution in [1.29, 1.82) is 0 Å². The number of hydrogen-bond donors (Lipinski definition) is 2. The summed E-state index contributed by atoms with van der Waals surface area (Å²) in [6.45, 7) is 2.49. The highest BCUT2D eigenvalue weighted by Gasteiger charge is 2.39. The number of carboxylic acids is 1. The van der Waals surface area contributed by atoms with Crippen LogP contribution in [0.2, 0.25) is 0 Å². The molecule has 1 aromatic carbocycles. The fourth-order valence-corrected chi connectivity index (χ4v) is 3.31. The average Bonchev–Trinajstić information content (AvgIpc) is 2.90. The van der Waals surface area contributed by atoms with E-state index in [0.29, 0.717) is 12.3 Å². The molecule has 0 saturated heterocycles. The van der Waals surface area contributed by atoms with E-state index in [-0.39, 0.29) is 0 Å². The lowest BCUT2D eigenvalue weighted by atomic mass is 9.92. The van der Waals surface area contributed by atoms with Crippen molar-refractivity contribution >= 4 is 17.7 Å². The minimum absolute atomic E-state index is 0.395. The Labute approximate surface area is 128 Å². The number of hydrogen-bond acceptors (Lipinski definition) is 4. The Balaban J connectivity index is 2.28. The van der Waals surface area contributed by atoms with Gasteiger partial charge in [-0.2, -0.15) is 5.10 Å². The molecule has 1 aromatic heterocycles. The summed E-state index contributed by atoms with van der Waals surface area (Å²) in [6.07, 6.45) is 3.63. The van der Waals surface area contributed by atoms with Crippen LogP contribution in [-0.2, 0) is 17.4 Å². The minimum atomic E-state index is -1.10. The molecule has 0 amide bonds. The smallest absolute Gasteiger partial charge is 0.329 e. The summed E-state index contributed by atoms with van der Waals surface area (Å²) in [5.74, 6) is -0.474. The highest BCUT2D eigenvalue weighted by molar-refractivity contribution is 7.99. The third-order valence-electron chi connectivity index (χ3n) is 3.25. The Morgan fingerprint density at radius 2 is 2.14 bits per heavy atom. The first kappa shape index (κ1) is 15.6. The normalized spacial score (nSPS) is 13.8. The quantitative estimate of drug-likeness (QED) is 0.767. The van der Waals surface area contributed by atoms with Gasteiger partial charge in [0.2, 0.25) is 0 Å². The van der Waals surface area contributed by atoms with Gasteiger partial charge in [-0.05, 0) is 12.1 Å². The molecule has 1 unspecified atom stereocenters. The highest BCUT2D eigenvalue weighted by atomic mass is 32.2. The van der Waals surface area contributed by atoms with Crippen LogP contribution in [0.25, 0.3) is 0 Å². The summed E-state index contributed by atoms with van der Waals surface area (Å²) >= 11 is 1.48.